The van der Waals surface area contributed by atoms with E-state index in [-0.39, 0.29) is 5.91 Å². The maximum absolute atomic E-state index is 13.3. The van der Waals surface area contributed by atoms with Gasteiger partial charge in [-0.25, -0.2) is 4.98 Å². The second-order valence-electron chi connectivity index (χ2n) is 6.12. The lowest BCUT2D eigenvalue weighted by Crippen LogP contribution is -2.39. The van der Waals surface area contributed by atoms with Gasteiger partial charge in [0.25, 0.3) is 5.91 Å². The average Bonchev–Trinajstić information content (AvgIpc) is 3.31. The standard InChI is InChI=1S/C19H24ClN5OS/c1-4-23(5-2)11-12-24(18(26)16-9-10-21-25(16)6-3)19-22-15-8-7-14(20)13-17(15)27-19/h7-10,13H,4-6,11-12H2,1-3H3. The predicted octanol–water partition coefficient (Wildman–Crippen LogP) is 4.15. The Morgan fingerprint density at radius 3 is 2.67 bits per heavy atom. The first-order valence-electron chi connectivity index (χ1n) is 9.19. The van der Waals surface area contributed by atoms with Gasteiger partial charge in [0, 0.05) is 30.9 Å². The van der Waals surface area contributed by atoms with Crippen molar-refractivity contribution in [3.05, 3.63) is 41.2 Å². The Bertz CT molecular complexity index is 918. The van der Waals surface area contributed by atoms with Gasteiger partial charge in [0.2, 0.25) is 0 Å². The molecule has 0 saturated carbocycles. The highest BCUT2D eigenvalue weighted by Crippen LogP contribution is 2.31. The van der Waals surface area contributed by atoms with E-state index in [2.05, 4.69) is 28.8 Å². The highest BCUT2D eigenvalue weighted by atomic mass is 35.5. The first-order valence-corrected chi connectivity index (χ1v) is 10.4. The van der Waals surface area contributed by atoms with Crippen molar-refractivity contribution in [1.29, 1.82) is 0 Å². The molecule has 2 aromatic heterocycles. The SMILES string of the molecule is CCN(CC)CCN(C(=O)c1ccnn1CC)c1nc2ccc(Cl)cc2s1. The van der Waals surface area contributed by atoms with Crippen LogP contribution in [0.2, 0.25) is 5.02 Å². The van der Waals surface area contributed by atoms with Gasteiger partial charge in [-0.2, -0.15) is 5.10 Å². The van der Waals surface area contributed by atoms with Gasteiger partial charge in [-0.05, 0) is 44.3 Å². The fraction of sp³-hybridized carbons (Fsp3) is 0.421. The molecule has 0 saturated heterocycles. The summed E-state index contributed by atoms with van der Waals surface area (Å²) in [5.74, 6) is -0.0772. The molecule has 0 radical (unpaired) electrons. The van der Waals surface area contributed by atoms with Crippen molar-refractivity contribution in [3.8, 4) is 0 Å². The number of rotatable bonds is 8. The number of thiazole rings is 1. The Hall–Kier alpha value is -1.96. The second kappa shape index (κ2) is 8.82. The number of fused-ring (bicyclic) bond motifs is 1. The van der Waals surface area contributed by atoms with Gasteiger partial charge in [-0.1, -0.05) is 36.8 Å². The molecule has 0 atom stereocenters. The van der Waals surface area contributed by atoms with Gasteiger partial charge in [0.15, 0.2) is 5.13 Å². The molecule has 27 heavy (non-hydrogen) atoms. The van der Waals surface area contributed by atoms with Crippen LogP contribution >= 0.6 is 22.9 Å². The Morgan fingerprint density at radius 1 is 1.19 bits per heavy atom. The van der Waals surface area contributed by atoms with Crippen LogP contribution < -0.4 is 4.90 Å². The highest BCUT2D eigenvalue weighted by molar-refractivity contribution is 7.22. The van der Waals surface area contributed by atoms with E-state index in [1.807, 2.05) is 25.1 Å². The number of nitrogens with zero attached hydrogens (tertiary/aromatic N) is 5. The van der Waals surface area contributed by atoms with E-state index in [1.165, 1.54) is 11.3 Å². The summed E-state index contributed by atoms with van der Waals surface area (Å²) in [6, 6.07) is 7.37. The van der Waals surface area contributed by atoms with Crippen LogP contribution in [0.1, 0.15) is 31.3 Å². The average molecular weight is 406 g/mol. The van der Waals surface area contributed by atoms with Gasteiger partial charge in [0.05, 0.1) is 10.2 Å². The zero-order chi connectivity index (χ0) is 19.4. The van der Waals surface area contributed by atoms with Crippen molar-refractivity contribution >= 4 is 44.2 Å². The van der Waals surface area contributed by atoms with Crippen LogP contribution in [0.4, 0.5) is 5.13 Å². The lowest BCUT2D eigenvalue weighted by molar-refractivity contribution is 0.0973. The van der Waals surface area contributed by atoms with E-state index in [4.69, 9.17) is 11.6 Å². The molecule has 0 unspecified atom stereocenters. The number of aromatic nitrogens is 3. The predicted molar refractivity (Wildman–Crippen MR) is 112 cm³/mol. The molecule has 0 bridgehead atoms. The Kier molecular flexibility index (Phi) is 6.46. The van der Waals surface area contributed by atoms with Crippen molar-refractivity contribution in [3.63, 3.8) is 0 Å². The van der Waals surface area contributed by atoms with Crippen molar-refractivity contribution in [2.45, 2.75) is 27.3 Å². The first kappa shape index (κ1) is 19.8. The number of halogens is 1. The summed E-state index contributed by atoms with van der Waals surface area (Å²) in [5.41, 5.74) is 1.43. The third-order valence-electron chi connectivity index (χ3n) is 4.58. The third kappa shape index (κ3) is 4.31. The van der Waals surface area contributed by atoms with Crippen molar-refractivity contribution < 1.29 is 4.79 Å². The molecule has 6 nitrogen and oxygen atoms in total. The molecule has 3 aromatic rings. The minimum absolute atomic E-state index is 0.0772. The Balaban J connectivity index is 1.96. The zero-order valence-electron chi connectivity index (χ0n) is 15.9. The fourth-order valence-electron chi connectivity index (χ4n) is 2.97. The van der Waals surface area contributed by atoms with E-state index in [0.29, 0.717) is 28.9 Å². The van der Waals surface area contributed by atoms with Gasteiger partial charge >= 0.3 is 0 Å². The smallest absolute Gasteiger partial charge is 0.278 e. The molecule has 2 heterocycles. The zero-order valence-corrected chi connectivity index (χ0v) is 17.4. The number of hydrogen-bond acceptors (Lipinski definition) is 5. The van der Waals surface area contributed by atoms with Gasteiger partial charge in [-0.15, -0.1) is 0 Å². The van der Waals surface area contributed by atoms with Crippen LogP contribution in [0.15, 0.2) is 30.5 Å². The van der Waals surface area contributed by atoms with Crippen LogP contribution in [0.3, 0.4) is 0 Å². The molecule has 0 aliphatic carbocycles. The van der Waals surface area contributed by atoms with Crippen LogP contribution in [-0.4, -0.2) is 51.8 Å². The normalized spacial score (nSPS) is 11.4. The van der Waals surface area contributed by atoms with Crippen molar-refractivity contribution in [1.82, 2.24) is 19.7 Å². The Labute approximate surface area is 168 Å². The topological polar surface area (TPSA) is 54.3 Å². The number of aryl methyl sites for hydroxylation is 1. The lowest BCUT2D eigenvalue weighted by Gasteiger charge is -2.24. The van der Waals surface area contributed by atoms with Gasteiger partial charge < -0.3 is 4.90 Å². The summed E-state index contributed by atoms with van der Waals surface area (Å²) in [6.45, 7) is 10.1. The van der Waals surface area contributed by atoms with E-state index >= 15 is 0 Å². The summed E-state index contributed by atoms with van der Waals surface area (Å²) < 4.78 is 2.69. The maximum Gasteiger partial charge on any atom is 0.278 e. The molecule has 0 aliphatic heterocycles. The summed E-state index contributed by atoms with van der Waals surface area (Å²) in [5, 5.41) is 5.60. The quantitative estimate of drug-likeness (QED) is 0.564. The molecule has 0 N–H and O–H groups in total. The Morgan fingerprint density at radius 2 is 1.96 bits per heavy atom. The summed E-state index contributed by atoms with van der Waals surface area (Å²) in [6.07, 6.45) is 1.66. The monoisotopic (exact) mass is 405 g/mol. The van der Waals surface area contributed by atoms with Crippen LogP contribution in [0.5, 0.6) is 0 Å². The first-order chi connectivity index (χ1) is 13.1. The summed E-state index contributed by atoms with van der Waals surface area (Å²) in [4.78, 5) is 22.1. The molecule has 0 fully saturated rings. The third-order valence-corrected chi connectivity index (χ3v) is 5.86. The minimum Gasteiger partial charge on any atom is -0.302 e. The van der Waals surface area contributed by atoms with Gasteiger partial charge in [-0.3, -0.25) is 14.4 Å². The van der Waals surface area contributed by atoms with Crippen molar-refractivity contribution in [2.24, 2.45) is 0 Å². The van der Waals surface area contributed by atoms with E-state index < -0.39 is 0 Å². The number of amides is 1. The van der Waals surface area contributed by atoms with Crippen LogP contribution in [0.25, 0.3) is 10.2 Å². The van der Waals surface area contributed by atoms with Gasteiger partial charge in [0.1, 0.15) is 5.69 Å². The molecule has 1 amide bonds. The number of carbonyl (C=O) groups excluding carboxylic acids is 1. The molecular weight excluding hydrogens is 382 g/mol. The number of hydrogen-bond donors (Lipinski definition) is 0. The van der Waals surface area contributed by atoms with E-state index in [0.717, 1.165) is 29.9 Å². The summed E-state index contributed by atoms with van der Waals surface area (Å²) in [7, 11) is 0. The minimum atomic E-state index is -0.0772. The molecule has 0 aliphatic rings. The second-order valence-corrected chi connectivity index (χ2v) is 7.57. The number of benzene rings is 1. The lowest BCUT2D eigenvalue weighted by atomic mass is 10.3. The summed E-state index contributed by atoms with van der Waals surface area (Å²) >= 11 is 7.60. The molecule has 8 heteroatoms. The molecule has 1 aromatic carbocycles. The largest absolute Gasteiger partial charge is 0.302 e. The molecule has 3 rings (SSSR count). The fourth-order valence-corrected chi connectivity index (χ4v) is 4.24. The number of likely N-dealkylation sites (N-methyl/N-ethyl adjacent to an activating group) is 1. The van der Waals surface area contributed by atoms with Crippen LogP contribution in [-0.2, 0) is 6.54 Å². The highest BCUT2D eigenvalue weighted by Gasteiger charge is 2.24. The molecule has 144 valence electrons. The molecule has 0 spiro atoms. The molecular formula is C19H24ClN5OS. The number of carbonyl (C=O) groups is 1. The van der Waals surface area contributed by atoms with E-state index in [1.54, 1.807) is 21.8 Å². The maximum atomic E-state index is 13.3. The number of anilines is 1. The van der Waals surface area contributed by atoms with E-state index in [9.17, 15) is 4.79 Å². The van der Waals surface area contributed by atoms with Crippen LogP contribution in [0, 0.1) is 0 Å². The van der Waals surface area contributed by atoms with Crippen molar-refractivity contribution in [2.75, 3.05) is 31.1 Å².